The van der Waals surface area contributed by atoms with Crippen LogP contribution < -0.4 is 5.73 Å². The molecule has 1 heterocycles. The van der Waals surface area contributed by atoms with Crippen LogP contribution >= 0.6 is 0 Å². The van der Waals surface area contributed by atoms with Crippen molar-refractivity contribution in [3.8, 4) is 0 Å². The quantitative estimate of drug-likeness (QED) is 0.826. The number of rotatable bonds is 3. The van der Waals surface area contributed by atoms with Crippen molar-refractivity contribution in [2.75, 3.05) is 0 Å². The summed E-state index contributed by atoms with van der Waals surface area (Å²) in [5.74, 6) is -1.42. The standard InChI is InChI=1S/C14H20BNO4/c1-13(2)14(3,4)20-15(19-13)11(16)9-5-7-10(8-6-9)12(17)18/h5-8,11H,16H2,1-4H3,(H,17,18)/t11-/m1/s1. The molecular weight excluding hydrogens is 257 g/mol. The maximum Gasteiger partial charge on any atom is 0.480 e. The van der Waals surface area contributed by atoms with Crippen LogP contribution in [0.15, 0.2) is 24.3 Å². The average Bonchev–Trinajstić information content (AvgIpc) is 2.57. The minimum Gasteiger partial charge on any atom is -0.478 e. The van der Waals surface area contributed by atoms with Crippen molar-refractivity contribution < 1.29 is 19.2 Å². The normalized spacial score (nSPS) is 21.8. The third-order valence-electron chi connectivity index (χ3n) is 4.11. The minimum atomic E-state index is -0.958. The van der Waals surface area contributed by atoms with E-state index in [1.165, 1.54) is 12.1 Å². The van der Waals surface area contributed by atoms with E-state index < -0.39 is 30.2 Å². The molecule has 2 rings (SSSR count). The van der Waals surface area contributed by atoms with Crippen LogP contribution in [0.5, 0.6) is 0 Å². The Morgan fingerprint density at radius 2 is 1.60 bits per heavy atom. The molecule has 3 N–H and O–H groups in total. The van der Waals surface area contributed by atoms with Crippen molar-refractivity contribution in [3.63, 3.8) is 0 Å². The predicted octanol–water partition coefficient (Wildman–Crippen LogP) is 2.02. The summed E-state index contributed by atoms with van der Waals surface area (Å²) >= 11 is 0. The van der Waals surface area contributed by atoms with Gasteiger partial charge in [0.15, 0.2) is 0 Å². The van der Waals surface area contributed by atoms with Gasteiger partial charge < -0.3 is 20.1 Å². The molecule has 0 aromatic heterocycles. The summed E-state index contributed by atoms with van der Waals surface area (Å²) < 4.78 is 11.8. The number of nitrogens with two attached hydrogens (primary N) is 1. The molecule has 1 aliphatic heterocycles. The summed E-state index contributed by atoms with van der Waals surface area (Å²) in [6.45, 7) is 7.86. The third-order valence-corrected chi connectivity index (χ3v) is 4.11. The van der Waals surface area contributed by atoms with Crippen molar-refractivity contribution in [2.45, 2.75) is 44.8 Å². The average molecular weight is 277 g/mol. The van der Waals surface area contributed by atoms with Gasteiger partial charge in [-0.05, 0) is 45.4 Å². The van der Waals surface area contributed by atoms with Gasteiger partial charge in [-0.2, -0.15) is 0 Å². The fourth-order valence-electron chi connectivity index (χ4n) is 2.04. The molecule has 0 unspecified atom stereocenters. The molecule has 6 heteroatoms. The molecule has 0 saturated carbocycles. The molecule has 0 aliphatic carbocycles. The first-order chi connectivity index (χ1) is 9.14. The lowest BCUT2D eigenvalue weighted by Crippen LogP contribution is -2.41. The number of carboxylic acids is 1. The van der Waals surface area contributed by atoms with Gasteiger partial charge in [0.25, 0.3) is 0 Å². The Labute approximate surface area is 119 Å². The Bertz CT molecular complexity index is 496. The van der Waals surface area contributed by atoms with Crippen molar-refractivity contribution in [2.24, 2.45) is 5.73 Å². The van der Waals surface area contributed by atoms with E-state index in [2.05, 4.69) is 0 Å². The molecule has 0 spiro atoms. The number of benzene rings is 1. The predicted molar refractivity (Wildman–Crippen MR) is 76.4 cm³/mol. The Balaban J connectivity index is 2.17. The number of aromatic carboxylic acids is 1. The van der Waals surface area contributed by atoms with Crippen molar-refractivity contribution in [1.29, 1.82) is 0 Å². The molecule has 0 bridgehead atoms. The smallest absolute Gasteiger partial charge is 0.478 e. The van der Waals surface area contributed by atoms with Crippen LogP contribution in [0, 0.1) is 0 Å². The van der Waals surface area contributed by atoms with Crippen LogP contribution in [-0.4, -0.2) is 29.4 Å². The van der Waals surface area contributed by atoms with E-state index in [-0.39, 0.29) is 5.56 Å². The van der Waals surface area contributed by atoms with Crippen molar-refractivity contribution in [1.82, 2.24) is 0 Å². The Hall–Kier alpha value is -1.37. The van der Waals surface area contributed by atoms with E-state index in [0.29, 0.717) is 0 Å². The van der Waals surface area contributed by atoms with E-state index in [9.17, 15) is 4.79 Å². The molecule has 1 aromatic carbocycles. The van der Waals surface area contributed by atoms with Gasteiger partial charge >= 0.3 is 13.1 Å². The van der Waals surface area contributed by atoms with Gasteiger partial charge in [-0.1, -0.05) is 12.1 Å². The van der Waals surface area contributed by atoms with Gasteiger partial charge in [0, 0.05) is 0 Å². The summed E-state index contributed by atoms with van der Waals surface area (Å²) in [4.78, 5) is 10.8. The lowest BCUT2D eigenvalue weighted by atomic mass is 9.75. The number of hydrogen-bond donors (Lipinski definition) is 2. The summed E-state index contributed by atoms with van der Waals surface area (Å²) in [5.41, 5.74) is 6.32. The zero-order valence-electron chi connectivity index (χ0n) is 12.2. The molecule has 0 amide bonds. The molecule has 108 valence electrons. The lowest BCUT2D eigenvalue weighted by Gasteiger charge is -2.32. The molecular formula is C14H20BNO4. The van der Waals surface area contributed by atoms with Crippen LogP contribution in [0.3, 0.4) is 0 Å². The van der Waals surface area contributed by atoms with Gasteiger partial charge in [-0.3, -0.25) is 0 Å². The maximum absolute atomic E-state index is 10.8. The highest BCUT2D eigenvalue weighted by atomic mass is 16.7. The summed E-state index contributed by atoms with van der Waals surface area (Å²) in [6.07, 6.45) is 0. The Morgan fingerprint density at radius 1 is 1.15 bits per heavy atom. The number of carboxylic acid groups (broad SMARTS) is 1. The molecule has 1 fully saturated rings. The summed E-state index contributed by atoms with van der Waals surface area (Å²) in [6, 6.07) is 6.45. The molecule has 1 saturated heterocycles. The Kier molecular flexibility index (Phi) is 3.66. The molecule has 1 aromatic rings. The molecule has 0 radical (unpaired) electrons. The topological polar surface area (TPSA) is 81.8 Å². The minimum absolute atomic E-state index is 0.231. The highest BCUT2D eigenvalue weighted by Gasteiger charge is 2.53. The molecule has 1 atom stereocenters. The monoisotopic (exact) mass is 277 g/mol. The van der Waals surface area contributed by atoms with Crippen LogP contribution in [0.25, 0.3) is 0 Å². The van der Waals surface area contributed by atoms with Crippen molar-refractivity contribution in [3.05, 3.63) is 35.4 Å². The van der Waals surface area contributed by atoms with Gasteiger partial charge in [0.1, 0.15) is 0 Å². The van der Waals surface area contributed by atoms with E-state index >= 15 is 0 Å². The molecule has 1 aliphatic rings. The van der Waals surface area contributed by atoms with Crippen LogP contribution in [0.2, 0.25) is 0 Å². The van der Waals surface area contributed by atoms with Crippen LogP contribution in [-0.2, 0) is 9.31 Å². The first kappa shape index (κ1) is 15.0. The Morgan fingerprint density at radius 3 is 2.00 bits per heavy atom. The van der Waals surface area contributed by atoms with Crippen LogP contribution in [0.1, 0.15) is 49.6 Å². The number of carbonyl (C=O) groups is 1. The fraction of sp³-hybridized carbons (Fsp3) is 0.500. The van der Waals surface area contributed by atoms with Crippen molar-refractivity contribution >= 4 is 13.1 Å². The van der Waals surface area contributed by atoms with Gasteiger partial charge in [-0.15, -0.1) is 0 Å². The first-order valence-corrected chi connectivity index (χ1v) is 6.58. The van der Waals surface area contributed by atoms with Gasteiger partial charge in [-0.25, -0.2) is 4.79 Å². The zero-order chi connectivity index (χ0) is 15.1. The summed E-state index contributed by atoms with van der Waals surface area (Å²) in [5, 5.41) is 8.88. The summed E-state index contributed by atoms with van der Waals surface area (Å²) in [7, 11) is -0.546. The highest BCUT2D eigenvalue weighted by molar-refractivity contribution is 6.47. The van der Waals surface area contributed by atoms with E-state index in [1.807, 2.05) is 27.7 Å². The van der Waals surface area contributed by atoms with Gasteiger partial charge in [0.05, 0.1) is 22.7 Å². The second-order valence-electron chi connectivity index (χ2n) is 6.08. The van der Waals surface area contributed by atoms with E-state index in [0.717, 1.165) is 5.56 Å². The molecule has 5 nitrogen and oxygen atoms in total. The first-order valence-electron chi connectivity index (χ1n) is 6.58. The highest BCUT2D eigenvalue weighted by Crippen LogP contribution is 2.39. The molecule has 20 heavy (non-hydrogen) atoms. The van der Waals surface area contributed by atoms with Crippen LogP contribution in [0.4, 0.5) is 0 Å². The zero-order valence-corrected chi connectivity index (χ0v) is 12.2. The third kappa shape index (κ3) is 2.59. The maximum atomic E-state index is 10.8. The lowest BCUT2D eigenvalue weighted by molar-refractivity contribution is 0.00578. The second-order valence-corrected chi connectivity index (χ2v) is 6.08. The fourth-order valence-corrected chi connectivity index (χ4v) is 2.04. The number of hydrogen-bond acceptors (Lipinski definition) is 4. The van der Waals surface area contributed by atoms with E-state index in [4.69, 9.17) is 20.1 Å². The largest absolute Gasteiger partial charge is 0.480 e. The SMILES string of the molecule is CC1(C)OB([C@H](N)c2ccc(C(=O)O)cc2)OC1(C)C. The van der Waals surface area contributed by atoms with Gasteiger partial charge in [0.2, 0.25) is 0 Å². The van der Waals surface area contributed by atoms with E-state index in [1.54, 1.807) is 12.1 Å². The second kappa shape index (κ2) is 4.88.